The van der Waals surface area contributed by atoms with Gasteiger partial charge >= 0.3 is 0 Å². The van der Waals surface area contributed by atoms with E-state index in [1.165, 1.54) is 12.1 Å². The Hall–Kier alpha value is -2.61. The van der Waals surface area contributed by atoms with Gasteiger partial charge in [-0.3, -0.25) is 15.2 Å². The summed E-state index contributed by atoms with van der Waals surface area (Å²) in [6.07, 6.45) is 1.36. The lowest BCUT2D eigenvalue weighted by molar-refractivity contribution is -0.384. The van der Waals surface area contributed by atoms with Crippen LogP contribution in [0.5, 0.6) is 5.75 Å². The predicted molar refractivity (Wildman–Crippen MR) is 98.0 cm³/mol. The molecule has 26 heavy (non-hydrogen) atoms. The van der Waals surface area contributed by atoms with Gasteiger partial charge in [0.25, 0.3) is 5.69 Å². The molecule has 0 aliphatic carbocycles. The van der Waals surface area contributed by atoms with Gasteiger partial charge in [-0.2, -0.15) is 4.63 Å². The SMILES string of the molecule is CC(C)(C)c1[nH]n2nc(CCCOc3ccc([N+](=O)[O-])cc3)nc2c1Cl. The number of non-ortho nitro benzene ring substituents is 1. The lowest BCUT2D eigenvalue weighted by Gasteiger charge is -2.16. The largest absolute Gasteiger partial charge is 0.494 e. The standard InChI is InChI=1S/C17H20ClN5O3/c1-17(2,3)15-14(18)16-19-13(20-22(16)21-15)5-4-10-26-12-8-6-11(7-9-12)23(24)25/h6-9,21H,4-5,10H2,1-3H3. The molecule has 9 heteroatoms. The topological polar surface area (TPSA) is 98.4 Å². The van der Waals surface area contributed by atoms with Gasteiger partial charge < -0.3 is 4.74 Å². The Morgan fingerprint density at radius 3 is 2.58 bits per heavy atom. The minimum absolute atomic E-state index is 0.0427. The number of rotatable bonds is 6. The fraction of sp³-hybridized carbons (Fsp3) is 0.412. The minimum Gasteiger partial charge on any atom is -0.494 e. The maximum atomic E-state index is 10.6. The Kier molecular flexibility index (Phi) is 4.86. The van der Waals surface area contributed by atoms with Gasteiger partial charge in [0.1, 0.15) is 10.8 Å². The van der Waals surface area contributed by atoms with Crippen molar-refractivity contribution in [1.29, 1.82) is 0 Å². The highest BCUT2D eigenvalue weighted by Gasteiger charge is 2.24. The Labute approximate surface area is 155 Å². The van der Waals surface area contributed by atoms with E-state index in [4.69, 9.17) is 16.3 Å². The van der Waals surface area contributed by atoms with Crippen LogP contribution in [0.1, 0.15) is 38.7 Å². The van der Waals surface area contributed by atoms with Crippen molar-refractivity contribution in [1.82, 2.24) is 19.8 Å². The molecule has 0 radical (unpaired) electrons. The van der Waals surface area contributed by atoms with Crippen LogP contribution in [0.4, 0.5) is 5.69 Å². The quantitative estimate of drug-likeness (QED) is 0.398. The zero-order chi connectivity index (χ0) is 18.9. The lowest BCUT2D eigenvalue weighted by atomic mass is 9.92. The summed E-state index contributed by atoms with van der Waals surface area (Å²) in [4.78, 5) is 14.7. The summed E-state index contributed by atoms with van der Waals surface area (Å²) in [5.74, 6) is 1.28. The van der Waals surface area contributed by atoms with Crippen LogP contribution in [0.25, 0.3) is 5.65 Å². The highest BCUT2D eigenvalue weighted by molar-refractivity contribution is 6.34. The molecule has 0 spiro atoms. The second-order valence-corrected chi connectivity index (χ2v) is 7.40. The molecule has 2 heterocycles. The van der Waals surface area contributed by atoms with E-state index >= 15 is 0 Å². The van der Waals surface area contributed by atoms with E-state index in [0.717, 1.165) is 5.69 Å². The number of hydrogen-bond acceptors (Lipinski definition) is 5. The molecule has 3 aromatic rings. The summed E-state index contributed by atoms with van der Waals surface area (Å²) in [6, 6.07) is 6.02. The Morgan fingerprint density at radius 2 is 2.00 bits per heavy atom. The third-order valence-corrected chi connectivity index (χ3v) is 4.25. The summed E-state index contributed by atoms with van der Waals surface area (Å²) in [6.45, 7) is 6.67. The van der Waals surface area contributed by atoms with E-state index in [1.54, 1.807) is 16.8 Å². The molecule has 2 aromatic heterocycles. The fourth-order valence-corrected chi connectivity index (χ4v) is 2.98. The van der Waals surface area contributed by atoms with Crippen molar-refractivity contribution in [3.8, 4) is 5.75 Å². The van der Waals surface area contributed by atoms with Crippen LogP contribution in [0.2, 0.25) is 5.02 Å². The number of nitrogens with one attached hydrogen (secondary N) is 1. The highest BCUT2D eigenvalue weighted by Crippen LogP contribution is 2.30. The van der Waals surface area contributed by atoms with Gasteiger partial charge in [-0.15, -0.1) is 5.10 Å². The average Bonchev–Trinajstić information content (AvgIpc) is 3.11. The number of nitrogens with zero attached hydrogens (tertiary/aromatic N) is 4. The molecule has 0 unspecified atom stereocenters. The number of H-pyrrole nitrogens is 1. The molecular weight excluding hydrogens is 358 g/mol. The molecule has 0 saturated carbocycles. The lowest BCUT2D eigenvalue weighted by Crippen LogP contribution is -2.13. The normalized spacial score (nSPS) is 11.8. The molecule has 1 N–H and O–H groups in total. The number of aryl methyl sites for hydroxylation is 1. The molecule has 0 amide bonds. The third kappa shape index (κ3) is 3.80. The van der Waals surface area contributed by atoms with Crippen LogP contribution >= 0.6 is 11.6 Å². The van der Waals surface area contributed by atoms with Crippen molar-refractivity contribution in [2.45, 2.75) is 39.0 Å². The van der Waals surface area contributed by atoms with E-state index < -0.39 is 4.92 Å². The first kappa shape index (κ1) is 18.2. The van der Waals surface area contributed by atoms with Crippen LogP contribution in [-0.4, -0.2) is 31.3 Å². The van der Waals surface area contributed by atoms with E-state index in [2.05, 4.69) is 36.0 Å². The van der Waals surface area contributed by atoms with Crippen molar-refractivity contribution in [2.24, 2.45) is 0 Å². The molecule has 0 bridgehead atoms. The molecule has 1 aromatic carbocycles. The van der Waals surface area contributed by atoms with Crippen molar-refractivity contribution in [3.63, 3.8) is 0 Å². The zero-order valence-corrected chi connectivity index (χ0v) is 15.6. The number of fused-ring (bicyclic) bond motifs is 1. The van der Waals surface area contributed by atoms with Crippen molar-refractivity contribution in [2.75, 3.05) is 6.61 Å². The Balaban J connectivity index is 1.56. The number of aromatic amines is 1. The molecular formula is C17H20ClN5O3. The van der Waals surface area contributed by atoms with Gasteiger partial charge in [0.2, 0.25) is 0 Å². The van der Waals surface area contributed by atoms with Crippen LogP contribution in [0, 0.1) is 10.1 Å². The van der Waals surface area contributed by atoms with E-state index in [1.807, 2.05) is 0 Å². The highest BCUT2D eigenvalue weighted by atomic mass is 35.5. The Morgan fingerprint density at radius 1 is 1.31 bits per heavy atom. The summed E-state index contributed by atoms with van der Waals surface area (Å²) < 4.78 is 7.19. The zero-order valence-electron chi connectivity index (χ0n) is 14.8. The smallest absolute Gasteiger partial charge is 0.269 e. The number of hydrogen-bond donors (Lipinski definition) is 1. The van der Waals surface area contributed by atoms with Gasteiger partial charge in [-0.25, -0.2) is 4.98 Å². The molecule has 0 aliphatic rings. The minimum atomic E-state index is -0.438. The molecule has 8 nitrogen and oxygen atoms in total. The molecule has 0 aliphatic heterocycles. The van der Waals surface area contributed by atoms with Gasteiger partial charge in [-0.1, -0.05) is 32.4 Å². The van der Waals surface area contributed by atoms with Crippen LogP contribution in [0.3, 0.4) is 0 Å². The van der Waals surface area contributed by atoms with E-state index in [-0.39, 0.29) is 11.1 Å². The fourth-order valence-electron chi connectivity index (χ4n) is 2.53. The van der Waals surface area contributed by atoms with Crippen molar-refractivity contribution in [3.05, 3.63) is 50.9 Å². The maximum Gasteiger partial charge on any atom is 0.269 e. The summed E-state index contributed by atoms with van der Waals surface area (Å²) >= 11 is 6.40. The first-order valence-corrected chi connectivity index (χ1v) is 8.64. The second-order valence-electron chi connectivity index (χ2n) is 7.02. The number of nitro benzene ring substituents is 1. The third-order valence-electron chi connectivity index (χ3n) is 3.90. The van der Waals surface area contributed by atoms with Crippen molar-refractivity contribution >= 4 is 22.9 Å². The summed E-state index contributed by atoms with van der Waals surface area (Å²) in [5, 5.41) is 18.8. The van der Waals surface area contributed by atoms with Crippen LogP contribution in [0.15, 0.2) is 24.3 Å². The number of halogens is 1. The maximum absolute atomic E-state index is 10.6. The molecule has 3 rings (SSSR count). The molecule has 0 atom stereocenters. The van der Waals surface area contributed by atoms with E-state index in [9.17, 15) is 10.1 Å². The number of ether oxygens (including phenoxy) is 1. The van der Waals surface area contributed by atoms with Gasteiger partial charge in [0.15, 0.2) is 11.5 Å². The monoisotopic (exact) mass is 377 g/mol. The average molecular weight is 378 g/mol. The number of benzene rings is 1. The number of aromatic nitrogens is 4. The van der Waals surface area contributed by atoms with Gasteiger partial charge in [0.05, 0.1) is 17.2 Å². The second kappa shape index (κ2) is 6.95. The van der Waals surface area contributed by atoms with Crippen molar-refractivity contribution < 1.29 is 9.66 Å². The summed E-state index contributed by atoms with van der Waals surface area (Å²) in [5.41, 5.74) is 1.46. The molecule has 0 saturated heterocycles. The first-order valence-electron chi connectivity index (χ1n) is 8.26. The Bertz CT molecular complexity index is 924. The number of nitro groups is 1. The van der Waals surface area contributed by atoms with E-state index in [0.29, 0.717) is 41.7 Å². The predicted octanol–water partition coefficient (Wildman–Crippen LogP) is 3.93. The van der Waals surface area contributed by atoms with Gasteiger partial charge in [-0.05, 0) is 18.6 Å². The molecule has 138 valence electrons. The first-order chi connectivity index (χ1) is 12.3. The molecule has 0 fully saturated rings. The van der Waals surface area contributed by atoms with Crippen LogP contribution in [-0.2, 0) is 11.8 Å². The summed E-state index contributed by atoms with van der Waals surface area (Å²) in [7, 11) is 0. The van der Waals surface area contributed by atoms with Gasteiger partial charge in [0, 0.05) is 24.0 Å². The van der Waals surface area contributed by atoms with Crippen LogP contribution < -0.4 is 4.74 Å².